The minimum Gasteiger partial charge on any atom is -0.444 e. The minimum atomic E-state index is -0.731. The van der Waals surface area contributed by atoms with Crippen LogP contribution < -0.4 is 10.6 Å². The van der Waals surface area contributed by atoms with Crippen molar-refractivity contribution in [2.75, 3.05) is 5.32 Å². The summed E-state index contributed by atoms with van der Waals surface area (Å²) in [6.45, 7) is 7.20. The molecule has 0 fully saturated rings. The Hall–Kier alpha value is -2.53. The summed E-state index contributed by atoms with van der Waals surface area (Å²) in [4.78, 5) is 25.0. The van der Waals surface area contributed by atoms with Gasteiger partial charge >= 0.3 is 6.09 Å². The lowest BCUT2D eigenvalue weighted by Gasteiger charge is -2.23. The molecule has 0 aromatic heterocycles. The Bertz CT molecular complexity index is 816. The van der Waals surface area contributed by atoms with E-state index < -0.39 is 17.7 Å². The van der Waals surface area contributed by atoms with Crippen LogP contribution in [0.15, 0.2) is 48.5 Å². The topological polar surface area (TPSA) is 67.4 Å². The van der Waals surface area contributed by atoms with Crippen molar-refractivity contribution in [1.29, 1.82) is 0 Å². The SMILES string of the molecule is Cc1cc(NC(=O)[C@@H](CCc2ccccc2)NC(=O)OC(C)(C)C)ccc1Cl. The summed E-state index contributed by atoms with van der Waals surface area (Å²) in [6, 6.07) is 14.3. The Labute approximate surface area is 171 Å². The lowest BCUT2D eigenvalue weighted by atomic mass is 10.0. The number of ether oxygens (including phenoxy) is 1. The van der Waals surface area contributed by atoms with Gasteiger partial charge in [-0.05, 0) is 69.9 Å². The van der Waals surface area contributed by atoms with Gasteiger partial charge in [0.25, 0.3) is 0 Å². The molecule has 0 radical (unpaired) electrons. The maximum Gasteiger partial charge on any atom is 0.408 e. The van der Waals surface area contributed by atoms with Crippen molar-refractivity contribution < 1.29 is 14.3 Å². The second kappa shape index (κ2) is 9.60. The highest BCUT2D eigenvalue weighted by molar-refractivity contribution is 6.31. The Balaban J connectivity index is 2.09. The molecule has 0 heterocycles. The molecule has 2 rings (SSSR count). The van der Waals surface area contributed by atoms with Crippen LogP contribution in [0.1, 0.15) is 38.3 Å². The second-order valence-corrected chi connectivity index (χ2v) is 8.08. The number of amides is 2. The fraction of sp³-hybridized carbons (Fsp3) is 0.364. The Kier molecular flexibility index (Phi) is 7.46. The summed E-state index contributed by atoms with van der Waals surface area (Å²) in [5, 5.41) is 6.17. The minimum absolute atomic E-state index is 0.302. The van der Waals surface area contributed by atoms with Crippen molar-refractivity contribution in [3.8, 4) is 0 Å². The van der Waals surface area contributed by atoms with E-state index in [0.717, 1.165) is 11.1 Å². The van der Waals surface area contributed by atoms with E-state index in [2.05, 4.69) is 10.6 Å². The fourth-order valence-electron chi connectivity index (χ4n) is 2.63. The highest BCUT2D eigenvalue weighted by Crippen LogP contribution is 2.20. The predicted molar refractivity (Wildman–Crippen MR) is 113 cm³/mol. The van der Waals surface area contributed by atoms with E-state index in [-0.39, 0.29) is 5.91 Å². The fourth-order valence-corrected chi connectivity index (χ4v) is 2.74. The van der Waals surface area contributed by atoms with Gasteiger partial charge in [0.1, 0.15) is 11.6 Å². The summed E-state index contributed by atoms with van der Waals surface area (Å²) in [7, 11) is 0. The zero-order chi connectivity index (χ0) is 20.7. The zero-order valence-electron chi connectivity index (χ0n) is 16.7. The summed E-state index contributed by atoms with van der Waals surface area (Å²) in [5.41, 5.74) is 1.94. The highest BCUT2D eigenvalue weighted by Gasteiger charge is 2.24. The number of carbonyl (C=O) groups is 2. The van der Waals surface area contributed by atoms with Crippen LogP contribution in [0.2, 0.25) is 5.02 Å². The summed E-state index contributed by atoms with van der Waals surface area (Å²) < 4.78 is 5.31. The van der Waals surface area contributed by atoms with Crippen LogP contribution in [0.3, 0.4) is 0 Å². The summed E-state index contributed by atoms with van der Waals surface area (Å²) >= 11 is 6.04. The van der Waals surface area contributed by atoms with Gasteiger partial charge in [-0.2, -0.15) is 0 Å². The number of nitrogens with one attached hydrogen (secondary N) is 2. The molecule has 5 nitrogen and oxygen atoms in total. The molecule has 1 atom stereocenters. The third-order valence-corrected chi connectivity index (χ3v) is 4.42. The van der Waals surface area contributed by atoms with Crippen molar-refractivity contribution in [2.24, 2.45) is 0 Å². The molecule has 0 spiro atoms. The number of hydrogen-bond donors (Lipinski definition) is 2. The molecule has 0 saturated heterocycles. The molecular weight excluding hydrogens is 376 g/mol. The molecule has 2 N–H and O–H groups in total. The van der Waals surface area contributed by atoms with Crippen molar-refractivity contribution >= 4 is 29.3 Å². The Morgan fingerprint density at radius 3 is 2.39 bits per heavy atom. The van der Waals surface area contributed by atoms with E-state index in [4.69, 9.17) is 16.3 Å². The number of hydrogen-bond acceptors (Lipinski definition) is 3. The smallest absolute Gasteiger partial charge is 0.408 e. The van der Waals surface area contributed by atoms with Gasteiger partial charge in [-0.1, -0.05) is 41.9 Å². The molecule has 0 aliphatic rings. The third-order valence-electron chi connectivity index (χ3n) is 4.00. The quantitative estimate of drug-likeness (QED) is 0.705. The number of aryl methyl sites for hydroxylation is 2. The summed E-state index contributed by atoms with van der Waals surface area (Å²) in [6.07, 6.45) is 0.476. The Morgan fingerprint density at radius 1 is 1.11 bits per heavy atom. The molecular formula is C22H27ClN2O3. The van der Waals surface area contributed by atoms with Gasteiger partial charge in [0.05, 0.1) is 0 Å². The maximum atomic E-state index is 12.8. The van der Waals surface area contributed by atoms with E-state index in [1.165, 1.54) is 0 Å². The summed E-state index contributed by atoms with van der Waals surface area (Å²) in [5.74, 6) is -0.302. The standard InChI is InChI=1S/C22H27ClN2O3/c1-15-14-17(11-12-18(15)23)24-20(26)19(25-21(27)28-22(2,3)4)13-10-16-8-6-5-7-9-16/h5-9,11-12,14,19H,10,13H2,1-4H3,(H,24,26)(H,25,27)/t19-/m1/s1. The molecule has 6 heteroatoms. The molecule has 28 heavy (non-hydrogen) atoms. The molecule has 0 aliphatic heterocycles. The number of anilines is 1. The molecule has 2 amide bonds. The number of rotatable bonds is 6. The number of alkyl carbamates (subject to hydrolysis) is 1. The van der Waals surface area contributed by atoms with Gasteiger partial charge < -0.3 is 15.4 Å². The first-order chi connectivity index (χ1) is 13.1. The van der Waals surface area contributed by atoms with Crippen LogP contribution in [0.4, 0.5) is 10.5 Å². The zero-order valence-corrected chi connectivity index (χ0v) is 17.5. The molecule has 0 aliphatic carbocycles. The lowest BCUT2D eigenvalue weighted by Crippen LogP contribution is -2.46. The van der Waals surface area contributed by atoms with E-state index in [1.807, 2.05) is 37.3 Å². The van der Waals surface area contributed by atoms with Crippen molar-refractivity contribution in [3.63, 3.8) is 0 Å². The normalized spacial score (nSPS) is 12.2. The second-order valence-electron chi connectivity index (χ2n) is 7.68. The van der Waals surface area contributed by atoms with Crippen LogP contribution >= 0.6 is 11.6 Å². The number of halogens is 1. The van der Waals surface area contributed by atoms with Crippen LogP contribution in [-0.2, 0) is 16.0 Å². The number of benzene rings is 2. The monoisotopic (exact) mass is 402 g/mol. The van der Waals surface area contributed by atoms with Gasteiger partial charge in [0.15, 0.2) is 0 Å². The Morgan fingerprint density at radius 2 is 1.79 bits per heavy atom. The van der Waals surface area contributed by atoms with Crippen molar-refractivity contribution in [2.45, 2.75) is 52.2 Å². The average molecular weight is 403 g/mol. The van der Waals surface area contributed by atoms with Crippen LogP contribution in [0.5, 0.6) is 0 Å². The molecule has 0 saturated carbocycles. The van der Waals surface area contributed by atoms with Gasteiger partial charge in [-0.3, -0.25) is 4.79 Å². The first-order valence-corrected chi connectivity index (χ1v) is 9.62. The van der Waals surface area contributed by atoms with Gasteiger partial charge in [0.2, 0.25) is 5.91 Å². The highest BCUT2D eigenvalue weighted by atomic mass is 35.5. The first-order valence-electron chi connectivity index (χ1n) is 9.24. The van der Waals surface area contributed by atoms with E-state index in [9.17, 15) is 9.59 Å². The molecule has 2 aromatic carbocycles. The van der Waals surface area contributed by atoms with Gasteiger partial charge in [0, 0.05) is 10.7 Å². The van der Waals surface area contributed by atoms with E-state index in [1.54, 1.807) is 39.0 Å². The number of carbonyl (C=O) groups excluding carboxylic acids is 2. The lowest BCUT2D eigenvalue weighted by molar-refractivity contribution is -0.118. The van der Waals surface area contributed by atoms with E-state index >= 15 is 0 Å². The third kappa shape index (κ3) is 7.24. The van der Waals surface area contributed by atoms with E-state index in [0.29, 0.717) is 23.6 Å². The van der Waals surface area contributed by atoms with Gasteiger partial charge in [-0.15, -0.1) is 0 Å². The molecule has 0 bridgehead atoms. The predicted octanol–water partition coefficient (Wildman–Crippen LogP) is 5.11. The molecule has 2 aromatic rings. The van der Waals surface area contributed by atoms with Crippen LogP contribution in [0, 0.1) is 6.92 Å². The molecule has 150 valence electrons. The molecule has 0 unspecified atom stereocenters. The van der Waals surface area contributed by atoms with Crippen molar-refractivity contribution in [1.82, 2.24) is 5.32 Å². The largest absolute Gasteiger partial charge is 0.444 e. The van der Waals surface area contributed by atoms with Crippen LogP contribution in [0.25, 0.3) is 0 Å². The van der Waals surface area contributed by atoms with Crippen molar-refractivity contribution in [3.05, 3.63) is 64.7 Å². The first kappa shape index (κ1) is 21.8. The average Bonchev–Trinajstić information content (AvgIpc) is 2.61. The van der Waals surface area contributed by atoms with Gasteiger partial charge in [-0.25, -0.2) is 4.79 Å². The van der Waals surface area contributed by atoms with Crippen LogP contribution in [-0.4, -0.2) is 23.6 Å². The maximum absolute atomic E-state index is 12.8.